The smallest absolute Gasteiger partial charge is 0.169 e. The van der Waals surface area contributed by atoms with E-state index >= 15 is 0 Å². The molecule has 0 atom stereocenters. The number of fused-ring (bicyclic) bond motifs is 3. The standard InChI is InChI=1S/C21H17N2/c1-23-14-12-16(13-15-23)10-11-21-19-7-3-2-6-17(19)18-8-4-5-9-20(18)22-21/h2-15H,1H3/q+1/b11-10+. The quantitative estimate of drug-likeness (QED) is 0.396. The third-order valence-electron chi connectivity index (χ3n) is 4.08. The molecule has 0 radical (unpaired) electrons. The lowest BCUT2D eigenvalue weighted by Crippen LogP contribution is -2.25. The van der Waals surface area contributed by atoms with Crippen LogP contribution in [0.25, 0.3) is 33.8 Å². The number of benzene rings is 2. The number of pyridine rings is 2. The highest BCUT2D eigenvalue weighted by Gasteiger charge is 2.05. The van der Waals surface area contributed by atoms with Crippen molar-refractivity contribution in [3.05, 3.63) is 84.3 Å². The molecule has 0 spiro atoms. The fraction of sp³-hybridized carbons (Fsp3) is 0.0476. The zero-order valence-corrected chi connectivity index (χ0v) is 13.0. The summed E-state index contributed by atoms with van der Waals surface area (Å²) >= 11 is 0. The lowest BCUT2D eigenvalue weighted by atomic mass is 10.0. The van der Waals surface area contributed by atoms with Crippen LogP contribution in [0.4, 0.5) is 0 Å². The van der Waals surface area contributed by atoms with Crippen LogP contribution in [0, 0.1) is 0 Å². The Kier molecular flexibility index (Phi) is 3.35. The first-order valence-electron chi connectivity index (χ1n) is 7.72. The van der Waals surface area contributed by atoms with Crippen LogP contribution in [-0.2, 0) is 7.05 Å². The zero-order valence-electron chi connectivity index (χ0n) is 13.0. The van der Waals surface area contributed by atoms with Crippen molar-refractivity contribution in [3.63, 3.8) is 0 Å². The van der Waals surface area contributed by atoms with Crippen LogP contribution >= 0.6 is 0 Å². The molecule has 0 aliphatic rings. The summed E-state index contributed by atoms with van der Waals surface area (Å²) in [6.07, 6.45) is 8.31. The van der Waals surface area contributed by atoms with Crippen molar-refractivity contribution in [2.24, 2.45) is 7.05 Å². The normalized spacial score (nSPS) is 11.5. The van der Waals surface area contributed by atoms with Crippen molar-refractivity contribution in [2.75, 3.05) is 0 Å². The summed E-state index contributed by atoms with van der Waals surface area (Å²) in [7, 11) is 2.02. The van der Waals surface area contributed by atoms with Gasteiger partial charge in [-0.15, -0.1) is 0 Å². The summed E-state index contributed by atoms with van der Waals surface area (Å²) in [5.74, 6) is 0. The van der Waals surface area contributed by atoms with E-state index in [2.05, 4.69) is 66.7 Å². The fourth-order valence-corrected chi connectivity index (χ4v) is 2.86. The van der Waals surface area contributed by atoms with E-state index in [9.17, 15) is 0 Å². The summed E-state index contributed by atoms with van der Waals surface area (Å²) in [5.41, 5.74) is 3.21. The molecule has 4 aromatic rings. The summed E-state index contributed by atoms with van der Waals surface area (Å²) in [6.45, 7) is 0. The number of hydrogen-bond donors (Lipinski definition) is 0. The molecule has 0 bridgehead atoms. The first-order chi connectivity index (χ1) is 11.3. The monoisotopic (exact) mass is 297 g/mol. The average Bonchev–Trinajstić information content (AvgIpc) is 2.61. The van der Waals surface area contributed by atoms with Crippen molar-refractivity contribution < 1.29 is 4.57 Å². The molecule has 23 heavy (non-hydrogen) atoms. The van der Waals surface area contributed by atoms with Crippen LogP contribution in [0.5, 0.6) is 0 Å². The van der Waals surface area contributed by atoms with E-state index in [4.69, 9.17) is 4.98 Å². The molecule has 0 saturated carbocycles. The second kappa shape index (κ2) is 5.65. The maximum atomic E-state index is 4.84. The largest absolute Gasteiger partial charge is 0.248 e. The van der Waals surface area contributed by atoms with E-state index in [1.807, 2.05) is 30.1 Å². The minimum Gasteiger partial charge on any atom is -0.248 e. The molecule has 2 aromatic carbocycles. The first-order valence-corrected chi connectivity index (χ1v) is 7.72. The van der Waals surface area contributed by atoms with Crippen LogP contribution in [0.15, 0.2) is 73.1 Å². The Balaban J connectivity index is 1.89. The minimum atomic E-state index is 1.01. The minimum absolute atomic E-state index is 1.01. The van der Waals surface area contributed by atoms with Gasteiger partial charge in [-0.05, 0) is 23.1 Å². The number of aryl methyl sites for hydroxylation is 1. The molecule has 2 heterocycles. The van der Waals surface area contributed by atoms with Gasteiger partial charge >= 0.3 is 0 Å². The van der Waals surface area contributed by atoms with Crippen molar-refractivity contribution in [1.82, 2.24) is 4.98 Å². The Morgan fingerprint density at radius 1 is 0.739 bits per heavy atom. The lowest BCUT2D eigenvalue weighted by Gasteiger charge is -2.06. The third kappa shape index (κ3) is 2.59. The summed E-state index contributed by atoms with van der Waals surface area (Å²) in [4.78, 5) is 4.84. The topological polar surface area (TPSA) is 16.8 Å². The molecule has 0 aliphatic heterocycles. The van der Waals surface area contributed by atoms with Crippen molar-refractivity contribution in [1.29, 1.82) is 0 Å². The van der Waals surface area contributed by atoms with E-state index in [1.54, 1.807) is 0 Å². The fourth-order valence-electron chi connectivity index (χ4n) is 2.86. The highest BCUT2D eigenvalue weighted by atomic mass is 14.9. The van der Waals surface area contributed by atoms with E-state index in [1.165, 1.54) is 21.7 Å². The highest BCUT2D eigenvalue weighted by Crippen LogP contribution is 2.27. The van der Waals surface area contributed by atoms with Gasteiger partial charge in [-0.25, -0.2) is 9.55 Å². The molecule has 0 amide bonds. The Bertz CT molecular complexity index is 1010. The van der Waals surface area contributed by atoms with Crippen molar-refractivity contribution in [3.8, 4) is 0 Å². The van der Waals surface area contributed by atoms with Gasteiger partial charge in [0, 0.05) is 22.9 Å². The molecular weight excluding hydrogens is 280 g/mol. The number of hydrogen-bond acceptors (Lipinski definition) is 1. The predicted octanol–water partition coefficient (Wildman–Crippen LogP) is 4.38. The van der Waals surface area contributed by atoms with Gasteiger partial charge in [0.25, 0.3) is 0 Å². The highest BCUT2D eigenvalue weighted by molar-refractivity contribution is 6.08. The number of aromatic nitrogens is 2. The van der Waals surface area contributed by atoms with Gasteiger partial charge in [0.15, 0.2) is 12.4 Å². The van der Waals surface area contributed by atoms with Crippen molar-refractivity contribution >= 4 is 33.8 Å². The van der Waals surface area contributed by atoms with Crippen LogP contribution in [0.2, 0.25) is 0 Å². The van der Waals surface area contributed by atoms with Gasteiger partial charge in [-0.3, -0.25) is 0 Å². The molecular formula is C21H17N2+. The zero-order chi connectivity index (χ0) is 15.6. The van der Waals surface area contributed by atoms with Gasteiger partial charge < -0.3 is 0 Å². The van der Waals surface area contributed by atoms with Crippen molar-refractivity contribution in [2.45, 2.75) is 0 Å². The molecule has 110 valence electrons. The molecule has 2 aromatic heterocycles. The summed E-state index contributed by atoms with van der Waals surface area (Å²) in [6, 6.07) is 21.0. The molecule has 4 rings (SSSR count). The Morgan fingerprint density at radius 3 is 2.17 bits per heavy atom. The SMILES string of the molecule is C[n+]1ccc(/C=C/c2nc3ccccc3c3ccccc23)cc1. The van der Waals surface area contributed by atoms with E-state index < -0.39 is 0 Å². The average molecular weight is 297 g/mol. The van der Waals surface area contributed by atoms with E-state index in [0.29, 0.717) is 0 Å². The second-order valence-electron chi connectivity index (χ2n) is 5.69. The Hall–Kier alpha value is -3.00. The third-order valence-corrected chi connectivity index (χ3v) is 4.08. The molecule has 2 nitrogen and oxygen atoms in total. The van der Waals surface area contributed by atoms with Gasteiger partial charge in [0.2, 0.25) is 0 Å². The predicted molar refractivity (Wildman–Crippen MR) is 95.8 cm³/mol. The Morgan fingerprint density at radius 2 is 1.39 bits per heavy atom. The summed E-state index contributed by atoms with van der Waals surface area (Å²) in [5, 5.41) is 3.63. The number of nitrogens with zero attached hydrogens (tertiary/aromatic N) is 2. The van der Waals surface area contributed by atoms with Gasteiger partial charge in [-0.1, -0.05) is 48.5 Å². The van der Waals surface area contributed by atoms with E-state index in [-0.39, 0.29) is 0 Å². The number of rotatable bonds is 2. The summed E-state index contributed by atoms with van der Waals surface area (Å²) < 4.78 is 2.03. The maximum Gasteiger partial charge on any atom is 0.169 e. The Labute approximate surface area is 135 Å². The maximum absolute atomic E-state index is 4.84. The van der Waals surface area contributed by atoms with Crippen LogP contribution in [-0.4, -0.2) is 4.98 Å². The van der Waals surface area contributed by atoms with Gasteiger partial charge in [0.05, 0.1) is 11.2 Å². The van der Waals surface area contributed by atoms with Gasteiger partial charge in [-0.2, -0.15) is 0 Å². The molecule has 0 N–H and O–H groups in total. The number of para-hydroxylation sites is 1. The van der Waals surface area contributed by atoms with Crippen LogP contribution in [0.3, 0.4) is 0 Å². The van der Waals surface area contributed by atoms with Gasteiger partial charge in [0.1, 0.15) is 7.05 Å². The molecule has 0 aliphatic carbocycles. The second-order valence-corrected chi connectivity index (χ2v) is 5.69. The lowest BCUT2D eigenvalue weighted by molar-refractivity contribution is -0.671. The molecule has 0 unspecified atom stereocenters. The van der Waals surface area contributed by atoms with E-state index in [0.717, 1.165) is 11.2 Å². The van der Waals surface area contributed by atoms with Crippen LogP contribution < -0.4 is 4.57 Å². The molecule has 2 heteroatoms. The first kappa shape index (κ1) is 13.6. The molecule has 0 fully saturated rings. The van der Waals surface area contributed by atoms with Crippen LogP contribution in [0.1, 0.15) is 11.3 Å². The molecule has 0 saturated heterocycles.